The van der Waals surface area contributed by atoms with E-state index in [1.807, 2.05) is 0 Å². The lowest BCUT2D eigenvalue weighted by Gasteiger charge is -2.14. The summed E-state index contributed by atoms with van der Waals surface area (Å²) >= 11 is 0. The van der Waals surface area contributed by atoms with Crippen molar-refractivity contribution in [2.45, 2.75) is 18.6 Å². The second-order valence-corrected chi connectivity index (χ2v) is 2.01. The molecule has 0 bridgehead atoms. The molecule has 1 aliphatic rings. The van der Waals surface area contributed by atoms with Crippen molar-refractivity contribution in [2.24, 2.45) is 0 Å². The number of hydrogen-bond acceptors (Lipinski definition) is 3. The van der Waals surface area contributed by atoms with Crippen molar-refractivity contribution in [2.75, 3.05) is 6.67 Å². The molecule has 1 rings (SSSR count). The molecule has 1 fully saturated rings. The topological polar surface area (TPSA) is 35.5 Å². The predicted molar refractivity (Wildman–Crippen MR) is 26.9 cm³/mol. The van der Waals surface area contributed by atoms with Crippen LogP contribution in [0.5, 0.6) is 0 Å². The van der Waals surface area contributed by atoms with Gasteiger partial charge in [0, 0.05) is 0 Å². The molecule has 0 radical (unpaired) electrons. The third-order valence-electron chi connectivity index (χ3n) is 1.23. The summed E-state index contributed by atoms with van der Waals surface area (Å²) in [6.45, 7) is -1.12. The zero-order chi connectivity index (χ0) is 8.48. The molecule has 0 aliphatic carbocycles. The van der Waals surface area contributed by atoms with Crippen LogP contribution in [0.2, 0.25) is 0 Å². The smallest absolute Gasteiger partial charge is 0.392 e. The molecule has 1 heterocycles. The van der Waals surface area contributed by atoms with Gasteiger partial charge in [0.1, 0.15) is 0 Å². The summed E-state index contributed by atoms with van der Waals surface area (Å²) in [6.07, 6.45) is -4.82. The van der Waals surface area contributed by atoms with Gasteiger partial charge < -0.3 is 9.47 Å². The van der Waals surface area contributed by atoms with Crippen molar-refractivity contribution >= 4 is 6.16 Å². The van der Waals surface area contributed by atoms with Crippen LogP contribution < -0.4 is 0 Å². The number of alkyl halides is 3. The fourth-order valence-corrected chi connectivity index (χ4v) is 0.675. The lowest BCUT2D eigenvalue weighted by molar-refractivity contribution is -0.144. The minimum atomic E-state index is -2.94. The molecule has 64 valence electrons. The van der Waals surface area contributed by atoms with Gasteiger partial charge in [0.15, 0.2) is 0 Å². The quantitative estimate of drug-likeness (QED) is 0.588. The SMILES string of the molecule is O=C1OC(F)C(F)(CCF)O1. The van der Waals surface area contributed by atoms with E-state index in [4.69, 9.17) is 0 Å². The summed E-state index contributed by atoms with van der Waals surface area (Å²) in [4.78, 5) is 10.1. The lowest BCUT2D eigenvalue weighted by atomic mass is 10.2. The molecular formula is C5H5F3O3. The molecule has 6 heteroatoms. The summed E-state index contributed by atoms with van der Waals surface area (Å²) in [6, 6.07) is 0. The van der Waals surface area contributed by atoms with Gasteiger partial charge in [0.05, 0.1) is 13.1 Å². The zero-order valence-corrected chi connectivity index (χ0v) is 5.35. The highest BCUT2D eigenvalue weighted by Crippen LogP contribution is 2.32. The Morgan fingerprint density at radius 3 is 2.64 bits per heavy atom. The van der Waals surface area contributed by atoms with Crippen LogP contribution in [0.3, 0.4) is 0 Å². The van der Waals surface area contributed by atoms with Crippen LogP contribution in [0.25, 0.3) is 0 Å². The molecule has 0 spiro atoms. The van der Waals surface area contributed by atoms with Crippen LogP contribution in [0, 0.1) is 0 Å². The second-order valence-electron chi connectivity index (χ2n) is 2.01. The first-order valence-corrected chi connectivity index (χ1v) is 2.87. The Morgan fingerprint density at radius 2 is 2.27 bits per heavy atom. The van der Waals surface area contributed by atoms with E-state index in [9.17, 15) is 18.0 Å². The van der Waals surface area contributed by atoms with Gasteiger partial charge in [-0.25, -0.2) is 4.79 Å². The number of halogens is 3. The van der Waals surface area contributed by atoms with Gasteiger partial charge in [0.25, 0.3) is 0 Å². The maximum Gasteiger partial charge on any atom is 0.514 e. The van der Waals surface area contributed by atoms with Crippen molar-refractivity contribution < 1.29 is 27.4 Å². The molecule has 1 saturated heterocycles. The Labute approximate surface area is 60.1 Å². The molecule has 1 aliphatic heterocycles. The third-order valence-corrected chi connectivity index (χ3v) is 1.23. The van der Waals surface area contributed by atoms with Crippen LogP contribution in [0.1, 0.15) is 6.42 Å². The number of ether oxygens (including phenoxy) is 2. The first-order chi connectivity index (χ1) is 5.08. The lowest BCUT2D eigenvalue weighted by Crippen LogP contribution is -2.32. The minimum absolute atomic E-state index is 0.847. The second kappa shape index (κ2) is 2.60. The van der Waals surface area contributed by atoms with E-state index < -0.39 is 31.5 Å². The fraction of sp³-hybridized carbons (Fsp3) is 0.800. The normalized spacial score (nSPS) is 36.6. The van der Waals surface area contributed by atoms with Crippen LogP contribution in [0.4, 0.5) is 18.0 Å². The van der Waals surface area contributed by atoms with E-state index in [1.54, 1.807) is 0 Å². The molecular weight excluding hydrogens is 165 g/mol. The molecule has 0 amide bonds. The minimum Gasteiger partial charge on any atom is -0.392 e. The van der Waals surface area contributed by atoms with Gasteiger partial charge in [-0.3, -0.25) is 4.39 Å². The van der Waals surface area contributed by atoms with Gasteiger partial charge in [-0.2, -0.15) is 8.78 Å². The van der Waals surface area contributed by atoms with E-state index >= 15 is 0 Å². The molecule has 0 aromatic carbocycles. The van der Waals surface area contributed by atoms with Crippen LogP contribution in [-0.2, 0) is 9.47 Å². The molecule has 11 heavy (non-hydrogen) atoms. The van der Waals surface area contributed by atoms with Crippen molar-refractivity contribution in [3.63, 3.8) is 0 Å². The zero-order valence-electron chi connectivity index (χ0n) is 5.35. The molecule has 2 atom stereocenters. The molecule has 0 saturated carbocycles. The van der Waals surface area contributed by atoms with Crippen molar-refractivity contribution in [3.05, 3.63) is 0 Å². The molecule has 2 unspecified atom stereocenters. The number of cyclic esters (lactones) is 2. The number of hydrogen-bond donors (Lipinski definition) is 0. The first kappa shape index (κ1) is 8.16. The summed E-state index contributed by atoms with van der Waals surface area (Å²) < 4.78 is 44.0. The molecule has 0 N–H and O–H groups in total. The number of rotatable bonds is 2. The van der Waals surface area contributed by atoms with Gasteiger partial charge in [-0.05, 0) is 0 Å². The molecule has 3 nitrogen and oxygen atoms in total. The van der Waals surface area contributed by atoms with Gasteiger partial charge in [-0.1, -0.05) is 0 Å². The molecule has 0 aromatic rings. The Balaban J connectivity index is 2.62. The highest BCUT2D eigenvalue weighted by atomic mass is 19.2. The highest BCUT2D eigenvalue weighted by Gasteiger charge is 2.53. The van der Waals surface area contributed by atoms with Crippen molar-refractivity contribution in [1.29, 1.82) is 0 Å². The molecule has 0 aromatic heterocycles. The summed E-state index contributed by atoms with van der Waals surface area (Å²) in [5, 5.41) is 0. The largest absolute Gasteiger partial charge is 0.514 e. The van der Waals surface area contributed by atoms with E-state index in [0.717, 1.165) is 0 Å². The average Bonchev–Trinajstić information content (AvgIpc) is 2.08. The van der Waals surface area contributed by atoms with E-state index in [1.165, 1.54) is 0 Å². The van der Waals surface area contributed by atoms with Crippen LogP contribution in [0.15, 0.2) is 0 Å². The van der Waals surface area contributed by atoms with Crippen LogP contribution in [-0.4, -0.2) is 25.0 Å². The number of carbonyl (C=O) groups is 1. The Morgan fingerprint density at radius 1 is 1.64 bits per heavy atom. The third kappa shape index (κ3) is 1.38. The van der Waals surface area contributed by atoms with Gasteiger partial charge in [-0.15, -0.1) is 0 Å². The van der Waals surface area contributed by atoms with Crippen molar-refractivity contribution in [1.82, 2.24) is 0 Å². The average molecular weight is 170 g/mol. The Bertz CT molecular complexity index is 174. The maximum atomic E-state index is 12.8. The summed E-state index contributed by atoms with van der Waals surface area (Å²) in [5.41, 5.74) is 0. The van der Waals surface area contributed by atoms with Crippen LogP contribution >= 0.6 is 0 Å². The fourth-order valence-electron chi connectivity index (χ4n) is 0.675. The summed E-state index contributed by atoms with van der Waals surface area (Å²) in [5.74, 6) is -2.94. The van der Waals surface area contributed by atoms with Crippen molar-refractivity contribution in [3.8, 4) is 0 Å². The maximum absolute atomic E-state index is 12.8. The highest BCUT2D eigenvalue weighted by molar-refractivity contribution is 5.62. The van der Waals surface area contributed by atoms with E-state index in [0.29, 0.717) is 0 Å². The standard InChI is InChI=1S/C5H5F3O3/c6-2-1-5(8)3(7)10-4(9)11-5/h3H,1-2H2. The Kier molecular flexibility index (Phi) is 1.92. The monoisotopic (exact) mass is 170 g/mol. The van der Waals surface area contributed by atoms with Gasteiger partial charge in [0.2, 0.25) is 0 Å². The van der Waals surface area contributed by atoms with Gasteiger partial charge >= 0.3 is 18.4 Å². The number of carbonyl (C=O) groups excluding carboxylic acids is 1. The first-order valence-electron chi connectivity index (χ1n) is 2.87. The Hall–Kier alpha value is -0.940. The van der Waals surface area contributed by atoms with E-state index in [2.05, 4.69) is 9.47 Å². The van der Waals surface area contributed by atoms with E-state index in [-0.39, 0.29) is 0 Å². The summed E-state index contributed by atoms with van der Waals surface area (Å²) in [7, 11) is 0. The predicted octanol–water partition coefficient (Wildman–Crippen LogP) is 1.47.